The van der Waals surface area contributed by atoms with Crippen molar-refractivity contribution in [3.8, 4) is 0 Å². The van der Waals surface area contributed by atoms with Crippen molar-refractivity contribution in [2.45, 2.75) is 19.6 Å². The van der Waals surface area contributed by atoms with Crippen LogP contribution in [0.2, 0.25) is 0 Å². The van der Waals surface area contributed by atoms with Gasteiger partial charge in [0.25, 0.3) is 0 Å². The summed E-state index contributed by atoms with van der Waals surface area (Å²) in [6.07, 6.45) is -1.46. The van der Waals surface area contributed by atoms with Crippen LogP contribution in [0.1, 0.15) is 16.7 Å². The number of hydrogen-bond acceptors (Lipinski definition) is 3. The van der Waals surface area contributed by atoms with Gasteiger partial charge in [-0.05, 0) is 42.3 Å². The van der Waals surface area contributed by atoms with Gasteiger partial charge in [-0.1, -0.05) is 6.07 Å². The quantitative estimate of drug-likeness (QED) is 0.846. The molecule has 0 atom stereocenters. The predicted molar refractivity (Wildman–Crippen MR) is 80.9 cm³/mol. The van der Waals surface area contributed by atoms with Gasteiger partial charge >= 0.3 is 18.0 Å². The van der Waals surface area contributed by atoms with Crippen molar-refractivity contribution in [3.63, 3.8) is 0 Å². The number of carbonyl (C=O) groups is 2. The molecule has 126 valence electrons. The zero-order chi connectivity index (χ0) is 17.7. The molecular weight excluding hydrogens is 323 g/mol. The molecule has 0 saturated carbocycles. The highest BCUT2D eigenvalue weighted by Crippen LogP contribution is 2.33. The van der Waals surface area contributed by atoms with Gasteiger partial charge in [-0.25, -0.2) is 0 Å². The Morgan fingerprint density at radius 2 is 1.75 bits per heavy atom. The molecule has 0 unspecified atom stereocenters. The van der Waals surface area contributed by atoms with Crippen molar-refractivity contribution in [1.29, 1.82) is 0 Å². The number of hydrogen-bond donors (Lipinski definition) is 2. The molecule has 2 rings (SSSR count). The zero-order valence-electron chi connectivity index (χ0n) is 12.6. The zero-order valence-corrected chi connectivity index (χ0v) is 12.6. The van der Waals surface area contributed by atoms with Gasteiger partial charge < -0.3 is 10.6 Å². The smallest absolute Gasteiger partial charge is 0.344 e. The van der Waals surface area contributed by atoms with Crippen LogP contribution in [0.3, 0.4) is 0 Å². The normalized spacial score (nSPS) is 11.0. The molecule has 0 aliphatic carbocycles. The summed E-state index contributed by atoms with van der Waals surface area (Å²) < 4.78 is 38.5. The van der Waals surface area contributed by atoms with E-state index in [1.54, 1.807) is 12.1 Å². The van der Waals surface area contributed by atoms with E-state index in [0.717, 1.165) is 11.6 Å². The number of rotatable bonds is 3. The van der Waals surface area contributed by atoms with Crippen LogP contribution in [-0.2, 0) is 22.3 Å². The molecule has 0 aliphatic rings. The predicted octanol–water partition coefficient (Wildman–Crippen LogP) is 2.66. The third-order valence-electron chi connectivity index (χ3n) is 3.21. The summed E-state index contributed by atoms with van der Waals surface area (Å²) in [6, 6.07) is 6.65. The van der Waals surface area contributed by atoms with Gasteiger partial charge in [-0.3, -0.25) is 14.6 Å². The highest BCUT2D eigenvalue weighted by atomic mass is 19.4. The molecule has 1 aromatic heterocycles. The summed E-state index contributed by atoms with van der Waals surface area (Å²) in [5.41, 5.74) is -0.196. The average molecular weight is 337 g/mol. The SMILES string of the molecule is Cc1ccc(NC(=O)C(=O)NCc2ccncc2)cc1C(F)(F)F. The van der Waals surface area contributed by atoms with Gasteiger partial charge in [-0.2, -0.15) is 13.2 Å². The van der Waals surface area contributed by atoms with E-state index in [2.05, 4.69) is 15.6 Å². The van der Waals surface area contributed by atoms with Crippen LogP contribution in [-0.4, -0.2) is 16.8 Å². The lowest BCUT2D eigenvalue weighted by atomic mass is 10.1. The minimum atomic E-state index is -4.53. The maximum atomic E-state index is 12.8. The van der Waals surface area contributed by atoms with Gasteiger partial charge in [0, 0.05) is 24.6 Å². The van der Waals surface area contributed by atoms with Crippen LogP contribution in [0.15, 0.2) is 42.7 Å². The first-order valence-electron chi connectivity index (χ1n) is 6.93. The molecule has 24 heavy (non-hydrogen) atoms. The molecule has 0 fully saturated rings. The maximum Gasteiger partial charge on any atom is 0.416 e. The number of amides is 2. The first kappa shape index (κ1) is 17.5. The largest absolute Gasteiger partial charge is 0.416 e. The Morgan fingerprint density at radius 3 is 2.38 bits per heavy atom. The maximum absolute atomic E-state index is 12.8. The monoisotopic (exact) mass is 337 g/mol. The number of halogens is 3. The second-order valence-corrected chi connectivity index (χ2v) is 5.02. The number of anilines is 1. The summed E-state index contributed by atoms with van der Waals surface area (Å²) in [5.74, 6) is -1.98. The van der Waals surface area contributed by atoms with E-state index < -0.39 is 23.6 Å². The van der Waals surface area contributed by atoms with Crippen molar-refractivity contribution >= 4 is 17.5 Å². The number of aromatic nitrogens is 1. The van der Waals surface area contributed by atoms with E-state index in [9.17, 15) is 22.8 Å². The summed E-state index contributed by atoms with van der Waals surface area (Å²) in [7, 11) is 0. The molecule has 0 aliphatic heterocycles. The summed E-state index contributed by atoms with van der Waals surface area (Å²) in [5, 5.41) is 4.53. The van der Waals surface area contributed by atoms with Crippen molar-refractivity contribution < 1.29 is 22.8 Å². The molecular formula is C16H14F3N3O2. The lowest BCUT2D eigenvalue weighted by Crippen LogP contribution is -2.35. The molecule has 2 aromatic rings. The molecule has 2 N–H and O–H groups in total. The fourth-order valence-corrected chi connectivity index (χ4v) is 1.96. The van der Waals surface area contributed by atoms with E-state index in [0.29, 0.717) is 0 Å². The summed E-state index contributed by atoms with van der Waals surface area (Å²) in [6.45, 7) is 1.42. The van der Waals surface area contributed by atoms with Crippen molar-refractivity contribution in [3.05, 3.63) is 59.4 Å². The standard InChI is InChI=1S/C16H14F3N3O2/c1-10-2-3-12(8-13(10)16(17,18)19)22-15(24)14(23)21-9-11-4-6-20-7-5-11/h2-8H,9H2,1H3,(H,21,23)(H,22,24). The van der Waals surface area contributed by atoms with Gasteiger partial charge in [-0.15, -0.1) is 0 Å². The van der Waals surface area contributed by atoms with Crippen LogP contribution < -0.4 is 10.6 Å². The molecule has 1 aromatic carbocycles. The fraction of sp³-hybridized carbons (Fsp3) is 0.188. The van der Waals surface area contributed by atoms with Crippen LogP contribution in [0.4, 0.5) is 18.9 Å². The second-order valence-electron chi connectivity index (χ2n) is 5.02. The number of alkyl halides is 3. The number of nitrogens with one attached hydrogen (secondary N) is 2. The Hall–Kier alpha value is -2.90. The lowest BCUT2D eigenvalue weighted by molar-refractivity contribution is -0.138. The Morgan fingerprint density at radius 1 is 1.08 bits per heavy atom. The fourth-order valence-electron chi connectivity index (χ4n) is 1.96. The van der Waals surface area contributed by atoms with Gasteiger partial charge in [0.05, 0.1) is 5.56 Å². The average Bonchev–Trinajstić information content (AvgIpc) is 2.54. The Kier molecular flexibility index (Phi) is 5.18. The van der Waals surface area contributed by atoms with E-state index >= 15 is 0 Å². The lowest BCUT2D eigenvalue weighted by Gasteiger charge is -2.12. The molecule has 0 saturated heterocycles. The number of pyridine rings is 1. The molecule has 8 heteroatoms. The molecule has 0 bridgehead atoms. The highest BCUT2D eigenvalue weighted by Gasteiger charge is 2.32. The Bertz CT molecular complexity index is 746. The Balaban J connectivity index is 2.00. The van der Waals surface area contributed by atoms with Gasteiger partial charge in [0.1, 0.15) is 0 Å². The van der Waals surface area contributed by atoms with Gasteiger partial charge in [0.2, 0.25) is 0 Å². The number of carbonyl (C=O) groups excluding carboxylic acids is 2. The number of benzene rings is 1. The topological polar surface area (TPSA) is 71.1 Å². The first-order chi connectivity index (χ1) is 11.3. The summed E-state index contributed by atoms with van der Waals surface area (Å²) in [4.78, 5) is 27.3. The molecule has 5 nitrogen and oxygen atoms in total. The third-order valence-corrected chi connectivity index (χ3v) is 3.21. The molecule has 0 spiro atoms. The van der Waals surface area contributed by atoms with E-state index in [4.69, 9.17) is 0 Å². The third kappa shape index (κ3) is 4.55. The van der Waals surface area contributed by atoms with Gasteiger partial charge in [0.15, 0.2) is 0 Å². The number of aryl methyl sites for hydroxylation is 1. The van der Waals surface area contributed by atoms with Crippen LogP contribution in [0.25, 0.3) is 0 Å². The van der Waals surface area contributed by atoms with Crippen LogP contribution in [0, 0.1) is 6.92 Å². The summed E-state index contributed by atoms with van der Waals surface area (Å²) >= 11 is 0. The minimum Gasteiger partial charge on any atom is -0.344 e. The highest BCUT2D eigenvalue weighted by molar-refractivity contribution is 6.39. The Labute approximate surface area is 135 Å². The molecule has 1 heterocycles. The van der Waals surface area contributed by atoms with E-state index in [1.165, 1.54) is 31.5 Å². The molecule has 0 radical (unpaired) electrons. The van der Waals surface area contributed by atoms with Crippen molar-refractivity contribution in [2.24, 2.45) is 0 Å². The van der Waals surface area contributed by atoms with E-state index in [-0.39, 0.29) is 17.8 Å². The number of nitrogens with zero attached hydrogens (tertiary/aromatic N) is 1. The van der Waals surface area contributed by atoms with Crippen molar-refractivity contribution in [2.75, 3.05) is 5.32 Å². The van der Waals surface area contributed by atoms with Crippen LogP contribution in [0.5, 0.6) is 0 Å². The van der Waals surface area contributed by atoms with Crippen LogP contribution >= 0.6 is 0 Å². The first-order valence-corrected chi connectivity index (χ1v) is 6.93. The van der Waals surface area contributed by atoms with E-state index in [1.807, 2.05) is 0 Å². The second kappa shape index (κ2) is 7.12. The molecule has 2 amide bonds. The minimum absolute atomic E-state index is 0.0302. The van der Waals surface area contributed by atoms with Crippen molar-refractivity contribution in [1.82, 2.24) is 10.3 Å².